The Morgan fingerprint density at radius 1 is 1.73 bits per heavy atom. The third kappa shape index (κ3) is 2.55. The highest BCUT2D eigenvalue weighted by molar-refractivity contribution is 6.29. The first kappa shape index (κ1) is 8.01. The summed E-state index contributed by atoms with van der Waals surface area (Å²) in [6.07, 6.45) is 2.03. The van der Waals surface area contributed by atoms with Crippen molar-refractivity contribution in [3.8, 4) is 0 Å². The van der Waals surface area contributed by atoms with E-state index in [1.807, 2.05) is 0 Å². The second-order valence-electron chi connectivity index (χ2n) is 2.19. The number of nitrogens with two attached hydrogens (primary N) is 1. The van der Waals surface area contributed by atoms with Gasteiger partial charge in [-0.15, -0.1) is 0 Å². The Bertz CT molecular complexity index is 272. The average molecular weight is 170 g/mol. The van der Waals surface area contributed by atoms with E-state index >= 15 is 0 Å². The van der Waals surface area contributed by atoms with Crippen molar-refractivity contribution in [1.82, 2.24) is 4.98 Å². The van der Waals surface area contributed by atoms with Gasteiger partial charge in [-0.2, -0.15) is 0 Å². The molecule has 3 N–H and O–H groups in total. The third-order valence-electron chi connectivity index (χ3n) is 1.19. The van der Waals surface area contributed by atoms with E-state index in [0.29, 0.717) is 11.6 Å². The van der Waals surface area contributed by atoms with Crippen LogP contribution in [0.2, 0.25) is 5.15 Å². The first-order chi connectivity index (χ1) is 5.18. The van der Waals surface area contributed by atoms with Gasteiger partial charge in [0.05, 0.1) is 5.84 Å². The first-order valence-electron chi connectivity index (χ1n) is 3.12. The molecule has 4 heteroatoms. The van der Waals surface area contributed by atoms with Crippen molar-refractivity contribution in [2.75, 3.05) is 0 Å². The number of halogens is 1. The molecule has 0 radical (unpaired) electrons. The lowest BCUT2D eigenvalue weighted by atomic mass is 10.2. The fourth-order valence-corrected chi connectivity index (χ4v) is 0.969. The van der Waals surface area contributed by atoms with Crippen LogP contribution in [-0.4, -0.2) is 10.8 Å². The number of rotatable bonds is 2. The van der Waals surface area contributed by atoms with E-state index in [4.69, 9.17) is 22.7 Å². The Morgan fingerprint density at radius 2 is 2.45 bits per heavy atom. The molecule has 3 nitrogen and oxygen atoms in total. The number of hydrogen-bond acceptors (Lipinski definition) is 2. The Labute approximate surface area is 69.7 Å². The molecule has 1 aromatic heterocycles. The van der Waals surface area contributed by atoms with Crippen LogP contribution in [0.5, 0.6) is 0 Å². The van der Waals surface area contributed by atoms with Gasteiger partial charge in [-0.1, -0.05) is 11.6 Å². The largest absolute Gasteiger partial charge is 0.387 e. The molecule has 0 aliphatic heterocycles. The van der Waals surface area contributed by atoms with Crippen molar-refractivity contribution in [2.24, 2.45) is 5.73 Å². The molecule has 0 atom stereocenters. The molecule has 0 aliphatic carbocycles. The quantitative estimate of drug-likeness (QED) is 0.397. The zero-order valence-electron chi connectivity index (χ0n) is 5.84. The molecule has 0 bridgehead atoms. The fraction of sp³-hybridized carbons (Fsp3) is 0.143. The van der Waals surface area contributed by atoms with Crippen LogP contribution in [0.4, 0.5) is 0 Å². The van der Waals surface area contributed by atoms with Crippen LogP contribution in [0.15, 0.2) is 18.3 Å². The summed E-state index contributed by atoms with van der Waals surface area (Å²) < 4.78 is 0. The lowest BCUT2D eigenvalue weighted by Gasteiger charge is -1.97. The normalized spacial score (nSPS) is 9.55. The van der Waals surface area contributed by atoms with Gasteiger partial charge in [-0.25, -0.2) is 4.98 Å². The van der Waals surface area contributed by atoms with Gasteiger partial charge >= 0.3 is 0 Å². The van der Waals surface area contributed by atoms with Crippen molar-refractivity contribution >= 4 is 17.4 Å². The lowest BCUT2D eigenvalue weighted by Crippen LogP contribution is -2.12. The fourth-order valence-electron chi connectivity index (χ4n) is 0.772. The molecule has 1 aromatic rings. The summed E-state index contributed by atoms with van der Waals surface area (Å²) in [5.74, 6) is 0.132. The number of nitrogens with zero attached hydrogens (tertiary/aromatic N) is 1. The van der Waals surface area contributed by atoms with Crippen molar-refractivity contribution in [3.63, 3.8) is 0 Å². The molecular formula is C7H8ClN3. The SMILES string of the molecule is N=C(N)Cc1ccnc(Cl)c1. The van der Waals surface area contributed by atoms with Crippen LogP contribution in [0.25, 0.3) is 0 Å². The summed E-state index contributed by atoms with van der Waals surface area (Å²) in [6, 6.07) is 3.48. The highest BCUT2D eigenvalue weighted by Crippen LogP contribution is 2.06. The number of pyridine rings is 1. The molecule has 1 heterocycles. The number of amidine groups is 1. The van der Waals surface area contributed by atoms with Crippen LogP contribution in [0.1, 0.15) is 5.56 Å². The van der Waals surface area contributed by atoms with Crippen LogP contribution in [0, 0.1) is 5.41 Å². The highest BCUT2D eigenvalue weighted by Gasteiger charge is 1.95. The lowest BCUT2D eigenvalue weighted by molar-refractivity contribution is 1.21. The van der Waals surface area contributed by atoms with E-state index in [2.05, 4.69) is 4.98 Å². The monoisotopic (exact) mass is 169 g/mol. The summed E-state index contributed by atoms with van der Waals surface area (Å²) in [7, 11) is 0. The summed E-state index contributed by atoms with van der Waals surface area (Å²) in [5.41, 5.74) is 6.11. The summed E-state index contributed by atoms with van der Waals surface area (Å²) in [5, 5.41) is 7.45. The van der Waals surface area contributed by atoms with Crippen LogP contribution in [-0.2, 0) is 6.42 Å². The Morgan fingerprint density at radius 3 is 3.00 bits per heavy atom. The first-order valence-corrected chi connectivity index (χ1v) is 3.49. The van der Waals surface area contributed by atoms with Gasteiger partial charge in [0.25, 0.3) is 0 Å². The average Bonchev–Trinajstić information content (AvgIpc) is 1.85. The summed E-state index contributed by atoms with van der Waals surface area (Å²) >= 11 is 5.61. The molecule has 0 spiro atoms. The van der Waals surface area contributed by atoms with Gasteiger partial charge in [0.1, 0.15) is 5.15 Å². The molecule has 0 unspecified atom stereocenters. The van der Waals surface area contributed by atoms with E-state index in [9.17, 15) is 0 Å². The van der Waals surface area contributed by atoms with E-state index in [-0.39, 0.29) is 5.84 Å². The Balaban J connectivity index is 2.79. The topological polar surface area (TPSA) is 62.8 Å². The van der Waals surface area contributed by atoms with Crippen molar-refractivity contribution in [3.05, 3.63) is 29.0 Å². The molecule has 0 aromatic carbocycles. The molecular weight excluding hydrogens is 162 g/mol. The Hall–Kier alpha value is -1.09. The highest BCUT2D eigenvalue weighted by atomic mass is 35.5. The number of nitrogens with one attached hydrogen (secondary N) is 1. The van der Waals surface area contributed by atoms with Crippen molar-refractivity contribution < 1.29 is 0 Å². The maximum atomic E-state index is 7.02. The third-order valence-corrected chi connectivity index (χ3v) is 1.39. The van der Waals surface area contributed by atoms with Crippen molar-refractivity contribution in [1.29, 1.82) is 5.41 Å². The van der Waals surface area contributed by atoms with Gasteiger partial charge in [0.2, 0.25) is 0 Å². The van der Waals surface area contributed by atoms with E-state index in [1.54, 1.807) is 18.3 Å². The van der Waals surface area contributed by atoms with Gasteiger partial charge in [-0.3, -0.25) is 5.41 Å². The smallest absolute Gasteiger partial charge is 0.129 e. The van der Waals surface area contributed by atoms with Crippen LogP contribution < -0.4 is 5.73 Å². The van der Waals surface area contributed by atoms with Gasteiger partial charge < -0.3 is 5.73 Å². The summed E-state index contributed by atoms with van der Waals surface area (Å²) in [6.45, 7) is 0. The molecule has 0 fully saturated rings. The van der Waals surface area contributed by atoms with Gasteiger partial charge in [-0.05, 0) is 17.7 Å². The summed E-state index contributed by atoms with van der Waals surface area (Å²) in [4.78, 5) is 3.80. The number of hydrogen-bond donors (Lipinski definition) is 2. The zero-order valence-corrected chi connectivity index (χ0v) is 6.60. The predicted molar refractivity (Wildman–Crippen MR) is 44.9 cm³/mol. The second kappa shape index (κ2) is 3.34. The minimum atomic E-state index is 0.132. The van der Waals surface area contributed by atoms with Crippen molar-refractivity contribution in [2.45, 2.75) is 6.42 Å². The minimum absolute atomic E-state index is 0.132. The maximum absolute atomic E-state index is 7.02. The van der Waals surface area contributed by atoms with E-state index in [0.717, 1.165) is 5.56 Å². The predicted octanol–water partition coefficient (Wildman–Crippen LogP) is 1.21. The molecule has 0 saturated heterocycles. The standard InChI is InChI=1S/C7H8ClN3/c8-6-3-5(1-2-11-6)4-7(9)10/h1-3H,4H2,(H3,9,10). The molecule has 0 saturated carbocycles. The maximum Gasteiger partial charge on any atom is 0.129 e. The molecule has 1 rings (SSSR count). The van der Waals surface area contributed by atoms with E-state index < -0.39 is 0 Å². The second-order valence-corrected chi connectivity index (χ2v) is 2.58. The van der Waals surface area contributed by atoms with Gasteiger partial charge in [0.15, 0.2) is 0 Å². The molecule has 11 heavy (non-hydrogen) atoms. The minimum Gasteiger partial charge on any atom is -0.387 e. The van der Waals surface area contributed by atoms with Gasteiger partial charge in [0, 0.05) is 12.6 Å². The van der Waals surface area contributed by atoms with Crippen LogP contribution in [0.3, 0.4) is 0 Å². The zero-order chi connectivity index (χ0) is 8.27. The Kier molecular flexibility index (Phi) is 2.44. The van der Waals surface area contributed by atoms with E-state index in [1.165, 1.54) is 0 Å². The molecule has 0 aliphatic rings. The number of aromatic nitrogens is 1. The van der Waals surface area contributed by atoms with Crippen LogP contribution >= 0.6 is 11.6 Å². The molecule has 58 valence electrons. The molecule has 0 amide bonds.